The third-order valence-electron chi connectivity index (χ3n) is 6.98. The Bertz CT molecular complexity index is 1660. The zero-order valence-corrected chi connectivity index (χ0v) is 27.1. The number of carbonyl (C=O) groups is 6. The van der Waals surface area contributed by atoms with E-state index in [2.05, 4.69) is 0 Å². The van der Waals surface area contributed by atoms with Crippen LogP contribution in [0.15, 0.2) is 72.8 Å². The first-order valence-electron chi connectivity index (χ1n) is 15.2. The van der Waals surface area contributed by atoms with Gasteiger partial charge in [0, 0.05) is 0 Å². The van der Waals surface area contributed by atoms with Gasteiger partial charge in [0.1, 0.15) is 24.9 Å². The van der Waals surface area contributed by atoms with Crippen LogP contribution in [-0.4, -0.2) is 150 Å². The van der Waals surface area contributed by atoms with Crippen LogP contribution >= 0.6 is 0 Å². The van der Waals surface area contributed by atoms with Gasteiger partial charge in [-0.3, -0.25) is 43.6 Å². The number of imide groups is 3. The van der Waals surface area contributed by atoms with E-state index in [0.29, 0.717) is 10.1 Å². The molecule has 3 heterocycles. The average Bonchev–Trinajstić information content (AvgIpc) is 3.67. The molecule has 0 saturated heterocycles. The third kappa shape index (κ3) is 9.51. The van der Waals surface area contributed by atoms with Gasteiger partial charge in [-0.1, -0.05) is 36.4 Å². The molecule has 278 valence electrons. The van der Waals surface area contributed by atoms with Crippen LogP contribution in [-0.2, 0) is 9.68 Å². The second-order valence-corrected chi connectivity index (χ2v) is 10.6. The lowest BCUT2D eigenvalue weighted by Crippen LogP contribution is -2.37. The second-order valence-electron chi connectivity index (χ2n) is 10.6. The molecule has 0 aromatic heterocycles. The number of fused-ring (bicyclic) bond motifs is 3. The number of rotatable bonds is 10. The maximum atomic E-state index is 11.8. The maximum Gasteiger partial charge on any atom is 0.285 e. The van der Waals surface area contributed by atoms with E-state index >= 15 is 0 Å². The molecule has 19 heteroatoms. The van der Waals surface area contributed by atoms with Gasteiger partial charge in [-0.05, 0) is 36.4 Å². The van der Waals surface area contributed by atoms with Crippen molar-refractivity contribution in [2.24, 2.45) is 0 Å². The van der Waals surface area contributed by atoms with Crippen molar-refractivity contribution in [3.8, 4) is 0 Å². The molecule has 6 amide bonds. The first kappa shape index (κ1) is 41.1. The molecule has 0 radical (unpaired) electrons. The largest absolute Gasteiger partial charge is 0.394 e. The fourth-order valence-corrected chi connectivity index (χ4v) is 4.27. The number of nitrogens with zero attached hydrogens (tertiary/aromatic N) is 3. The van der Waals surface area contributed by atoms with Crippen molar-refractivity contribution in [2.45, 2.75) is 18.3 Å². The predicted molar refractivity (Wildman–Crippen MR) is 171 cm³/mol. The van der Waals surface area contributed by atoms with Crippen molar-refractivity contribution in [2.75, 3.05) is 39.6 Å². The SMILES string of the molecule is O=C1c2ccccc2C(=O)N1O.O=C1c2ccccc2C(=O)N1OC(CO)CO.O=C1c2ccccc2C(=O)N1OCC(O)CO.OCC(O)CO. The third-order valence-corrected chi connectivity index (χ3v) is 6.98. The van der Waals surface area contributed by atoms with Gasteiger partial charge in [0.15, 0.2) is 0 Å². The second kappa shape index (κ2) is 19.3. The van der Waals surface area contributed by atoms with Crippen LogP contribution in [0.4, 0.5) is 0 Å². The van der Waals surface area contributed by atoms with Crippen LogP contribution in [0.3, 0.4) is 0 Å². The average molecular weight is 730 g/mol. The highest BCUT2D eigenvalue weighted by atomic mass is 16.7. The molecular weight excluding hydrogens is 694 g/mol. The molecule has 6 rings (SSSR count). The number of amides is 6. The highest BCUT2D eigenvalue weighted by Gasteiger charge is 2.38. The number of benzene rings is 3. The minimum Gasteiger partial charge on any atom is -0.394 e. The molecule has 0 spiro atoms. The lowest BCUT2D eigenvalue weighted by Gasteiger charge is -2.18. The highest BCUT2D eigenvalue weighted by molar-refractivity contribution is 6.21. The molecule has 1 unspecified atom stereocenters. The van der Waals surface area contributed by atoms with Crippen LogP contribution in [0.25, 0.3) is 0 Å². The van der Waals surface area contributed by atoms with Crippen LogP contribution in [0.1, 0.15) is 62.1 Å². The van der Waals surface area contributed by atoms with Crippen LogP contribution in [0, 0.1) is 0 Å². The number of hydrogen-bond acceptors (Lipinski definition) is 16. The van der Waals surface area contributed by atoms with Gasteiger partial charge in [-0.15, -0.1) is 15.2 Å². The van der Waals surface area contributed by atoms with Gasteiger partial charge in [-0.25, -0.2) is 0 Å². The summed E-state index contributed by atoms with van der Waals surface area (Å²) in [5.74, 6) is -3.60. The fraction of sp³-hybridized carbons (Fsp3) is 0.273. The lowest BCUT2D eigenvalue weighted by atomic mass is 10.1. The number of aliphatic hydroxyl groups excluding tert-OH is 7. The smallest absolute Gasteiger partial charge is 0.285 e. The first-order valence-corrected chi connectivity index (χ1v) is 15.2. The molecule has 8 N–H and O–H groups in total. The van der Waals surface area contributed by atoms with E-state index in [-0.39, 0.29) is 58.3 Å². The van der Waals surface area contributed by atoms with Crippen molar-refractivity contribution in [3.05, 3.63) is 106 Å². The van der Waals surface area contributed by atoms with E-state index < -0.39 is 73.6 Å². The maximum absolute atomic E-state index is 11.8. The van der Waals surface area contributed by atoms with Gasteiger partial charge >= 0.3 is 0 Å². The van der Waals surface area contributed by atoms with E-state index in [4.69, 9.17) is 50.6 Å². The Labute approximate surface area is 294 Å². The van der Waals surface area contributed by atoms with Crippen molar-refractivity contribution >= 4 is 35.4 Å². The van der Waals surface area contributed by atoms with Gasteiger partial charge in [0.05, 0.1) is 66.4 Å². The van der Waals surface area contributed by atoms with Crippen molar-refractivity contribution in [3.63, 3.8) is 0 Å². The van der Waals surface area contributed by atoms with Crippen molar-refractivity contribution in [1.29, 1.82) is 0 Å². The summed E-state index contributed by atoms with van der Waals surface area (Å²) in [5, 5.41) is 69.6. The summed E-state index contributed by atoms with van der Waals surface area (Å²) in [4.78, 5) is 79.0. The number of aliphatic hydroxyl groups is 7. The summed E-state index contributed by atoms with van der Waals surface area (Å²) in [6, 6.07) is 19.0. The van der Waals surface area contributed by atoms with E-state index in [1.54, 1.807) is 36.4 Å². The van der Waals surface area contributed by atoms with Gasteiger partial charge < -0.3 is 35.7 Å². The minimum atomic E-state index is -1.13. The highest BCUT2D eigenvalue weighted by Crippen LogP contribution is 2.24. The zero-order chi connectivity index (χ0) is 38.5. The Hall–Kier alpha value is -5.32. The molecule has 19 nitrogen and oxygen atoms in total. The molecule has 3 aliphatic heterocycles. The molecule has 0 saturated carbocycles. The van der Waals surface area contributed by atoms with E-state index in [1.165, 1.54) is 36.4 Å². The quantitative estimate of drug-likeness (QED) is 0.0838. The van der Waals surface area contributed by atoms with Gasteiger partial charge in [-0.2, -0.15) is 0 Å². The van der Waals surface area contributed by atoms with E-state index in [1.807, 2.05) is 0 Å². The van der Waals surface area contributed by atoms with Crippen LogP contribution < -0.4 is 0 Å². The Balaban J connectivity index is 0.000000197. The topological polar surface area (TPSA) is 292 Å². The standard InChI is InChI=1S/2C11H11NO5.C8H5NO3.C3H8O3/c13-5-7(14)6-17-12-10(15)8-3-1-2-4-9(8)11(12)16;13-5-7(6-14)17-12-10(15)8-3-1-2-4-9(8)11(12)16;10-7-5-3-1-2-4-6(5)8(11)9(7)12;4-1-3(6)2-5/h2*1-4,7,13-14H,5-6H2;1-4,12H;3-6H,1-2H2. The van der Waals surface area contributed by atoms with Gasteiger partial charge in [0.2, 0.25) is 0 Å². The van der Waals surface area contributed by atoms with Crippen LogP contribution in [0.5, 0.6) is 0 Å². The Kier molecular flexibility index (Phi) is 15.3. The Morgan fingerprint density at radius 1 is 0.462 bits per heavy atom. The monoisotopic (exact) mass is 729 g/mol. The summed E-state index contributed by atoms with van der Waals surface area (Å²) >= 11 is 0. The summed E-state index contributed by atoms with van der Waals surface area (Å²) in [5.41, 5.74) is 1.57. The zero-order valence-electron chi connectivity index (χ0n) is 27.1. The summed E-state index contributed by atoms with van der Waals surface area (Å²) in [6.45, 7) is -2.51. The van der Waals surface area contributed by atoms with Crippen molar-refractivity contribution in [1.82, 2.24) is 15.2 Å². The van der Waals surface area contributed by atoms with E-state index in [9.17, 15) is 28.8 Å². The first-order chi connectivity index (χ1) is 24.9. The normalized spacial score (nSPS) is 14.8. The number of hydrogen-bond donors (Lipinski definition) is 8. The molecular formula is C33H35N3O16. The molecule has 0 aliphatic carbocycles. The van der Waals surface area contributed by atoms with Crippen molar-refractivity contribution < 1.29 is 79.4 Å². The van der Waals surface area contributed by atoms with E-state index in [0.717, 1.165) is 0 Å². The molecule has 0 fully saturated rings. The molecule has 52 heavy (non-hydrogen) atoms. The Morgan fingerprint density at radius 3 is 1.06 bits per heavy atom. The molecule has 3 aliphatic rings. The Morgan fingerprint density at radius 2 is 0.769 bits per heavy atom. The van der Waals surface area contributed by atoms with Crippen LogP contribution in [0.2, 0.25) is 0 Å². The molecule has 3 aromatic carbocycles. The van der Waals surface area contributed by atoms with Gasteiger partial charge in [0.25, 0.3) is 35.4 Å². The summed E-state index contributed by atoms with van der Waals surface area (Å²) in [6.07, 6.45) is -3.07. The fourth-order valence-electron chi connectivity index (χ4n) is 4.27. The summed E-state index contributed by atoms with van der Waals surface area (Å²) < 4.78 is 0. The lowest BCUT2D eigenvalue weighted by molar-refractivity contribution is -0.155. The predicted octanol–water partition coefficient (Wildman–Crippen LogP) is -1.86. The number of hydroxylamine groups is 6. The number of carbonyl (C=O) groups excluding carboxylic acids is 6. The molecule has 0 bridgehead atoms. The molecule has 3 aromatic rings. The summed E-state index contributed by atoms with van der Waals surface area (Å²) in [7, 11) is 0. The minimum absolute atomic E-state index is 0.130. The molecule has 1 atom stereocenters.